The summed E-state index contributed by atoms with van der Waals surface area (Å²) < 4.78 is 1.74. The minimum absolute atomic E-state index is 0.106. The van der Waals surface area contributed by atoms with Crippen molar-refractivity contribution in [3.05, 3.63) is 65.4 Å². The fourth-order valence-electron chi connectivity index (χ4n) is 4.14. The van der Waals surface area contributed by atoms with Crippen LogP contribution in [0.15, 0.2) is 48.5 Å². The smallest absolute Gasteiger partial charge is 0.273 e. The minimum atomic E-state index is -0.826. The van der Waals surface area contributed by atoms with Crippen molar-refractivity contribution < 1.29 is 14.4 Å². The topological polar surface area (TPSA) is 129 Å². The molecule has 0 spiro atoms. The average Bonchev–Trinajstić information content (AvgIpc) is 3.40. The molecule has 4 rings (SSSR count). The van der Waals surface area contributed by atoms with Gasteiger partial charge in [0.15, 0.2) is 5.69 Å². The second-order valence-corrected chi connectivity index (χ2v) is 9.82. The Balaban J connectivity index is 1.58. The van der Waals surface area contributed by atoms with Crippen molar-refractivity contribution in [2.24, 2.45) is 5.41 Å². The Bertz CT molecular complexity index is 1310. The predicted molar refractivity (Wildman–Crippen MR) is 130 cm³/mol. The van der Waals surface area contributed by atoms with E-state index in [4.69, 9.17) is 5.26 Å². The van der Waals surface area contributed by atoms with E-state index in [0.29, 0.717) is 24.0 Å². The maximum Gasteiger partial charge on any atom is 0.273 e. The molecule has 35 heavy (non-hydrogen) atoms. The lowest BCUT2D eigenvalue weighted by Crippen LogP contribution is -2.55. The molecule has 0 aliphatic carbocycles. The van der Waals surface area contributed by atoms with Crippen LogP contribution >= 0.6 is 0 Å². The Morgan fingerprint density at radius 2 is 1.91 bits per heavy atom. The van der Waals surface area contributed by atoms with Gasteiger partial charge in [-0.1, -0.05) is 51.1 Å². The molecule has 2 heterocycles. The maximum atomic E-state index is 13.4. The predicted octanol–water partition coefficient (Wildman–Crippen LogP) is 2.11. The van der Waals surface area contributed by atoms with Gasteiger partial charge >= 0.3 is 0 Å². The first-order valence-corrected chi connectivity index (χ1v) is 11.5. The van der Waals surface area contributed by atoms with Crippen molar-refractivity contribution in [3.63, 3.8) is 0 Å². The van der Waals surface area contributed by atoms with E-state index in [-0.39, 0.29) is 30.0 Å². The van der Waals surface area contributed by atoms with Gasteiger partial charge in [-0.2, -0.15) is 10.4 Å². The molecule has 3 amide bonds. The summed E-state index contributed by atoms with van der Waals surface area (Å²) in [6.45, 7) is 6.41. The molecule has 9 heteroatoms. The Morgan fingerprint density at radius 1 is 1.20 bits per heavy atom. The highest BCUT2D eigenvalue weighted by molar-refractivity contribution is 6.06. The third-order valence-electron chi connectivity index (χ3n) is 6.02. The van der Waals surface area contributed by atoms with Crippen molar-refractivity contribution in [2.45, 2.75) is 45.8 Å². The molecule has 1 aliphatic heterocycles. The van der Waals surface area contributed by atoms with Crippen LogP contribution in [0.4, 0.5) is 0 Å². The molecule has 0 saturated carbocycles. The number of carbonyl (C=O) groups is 3. The monoisotopic (exact) mass is 472 g/mol. The summed E-state index contributed by atoms with van der Waals surface area (Å²) in [5.41, 5.74) is 1.96. The van der Waals surface area contributed by atoms with Crippen LogP contribution in [0, 0.1) is 16.7 Å². The third-order valence-corrected chi connectivity index (χ3v) is 6.02. The second-order valence-electron chi connectivity index (χ2n) is 9.82. The van der Waals surface area contributed by atoms with Gasteiger partial charge in [-0.3, -0.25) is 19.1 Å². The largest absolute Gasteiger partial charge is 0.354 e. The minimum Gasteiger partial charge on any atom is -0.354 e. The highest BCUT2D eigenvalue weighted by Gasteiger charge is 2.36. The van der Waals surface area contributed by atoms with E-state index in [9.17, 15) is 14.4 Å². The Morgan fingerprint density at radius 3 is 2.54 bits per heavy atom. The summed E-state index contributed by atoms with van der Waals surface area (Å²) in [6, 6.07) is 15.6. The maximum absolute atomic E-state index is 13.4. The van der Waals surface area contributed by atoms with Gasteiger partial charge in [-0.15, -0.1) is 0 Å². The first-order valence-electron chi connectivity index (χ1n) is 11.5. The van der Waals surface area contributed by atoms with Crippen LogP contribution in [0.3, 0.4) is 0 Å². The molecular formula is C26H28N6O3. The highest BCUT2D eigenvalue weighted by atomic mass is 16.2. The molecule has 3 aromatic rings. The van der Waals surface area contributed by atoms with Crippen LogP contribution in [-0.4, -0.2) is 46.1 Å². The van der Waals surface area contributed by atoms with Crippen LogP contribution in [0.5, 0.6) is 0 Å². The van der Waals surface area contributed by atoms with Gasteiger partial charge in [0.25, 0.3) is 5.91 Å². The van der Waals surface area contributed by atoms with Crippen molar-refractivity contribution in [1.82, 2.24) is 25.7 Å². The van der Waals surface area contributed by atoms with Crippen molar-refractivity contribution in [2.75, 3.05) is 6.54 Å². The molecule has 1 fully saturated rings. The summed E-state index contributed by atoms with van der Waals surface area (Å²) in [6.07, 6.45) is 0.223. The number of amides is 3. The number of nitrogens with zero attached hydrogens (tertiary/aromatic N) is 3. The molecule has 0 unspecified atom stereocenters. The van der Waals surface area contributed by atoms with Gasteiger partial charge in [0.1, 0.15) is 6.04 Å². The van der Waals surface area contributed by atoms with Gasteiger partial charge in [0.2, 0.25) is 11.8 Å². The summed E-state index contributed by atoms with van der Waals surface area (Å²) in [5, 5.41) is 22.7. The van der Waals surface area contributed by atoms with Gasteiger partial charge in [0.05, 0.1) is 29.7 Å². The van der Waals surface area contributed by atoms with E-state index in [2.05, 4.69) is 27.1 Å². The zero-order valence-electron chi connectivity index (χ0n) is 20.0. The number of para-hydroxylation sites is 1. The van der Waals surface area contributed by atoms with E-state index in [1.165, 1.54) is 0 Å². The van der Waals surface area contributed by atoms with Crippen LogP contribution < -0.4 is 16.0 Å². The first kappa shape index (κ1) is 24.0. The summed E-state index contributed by atoms with van der Waals surface area (Å²) in [4.78, 5) is 38.0. The van der Waals surface area contributed by atoms with Crippen LogP contribution in [0.1, 0.15) is 48.8 Å². The molecule has 1 saturated heterocycles. The number of benzene rings is 2. The van der Waals surface area contributed by atoms with Gasteiger partial charge in [0, 0.05) is 18.4 Å². The quantitative estimate of drug-likeness (QED) is 0.506. The van der Waals surface area contributed by atoms with E-state index < -0.39 is 17.4 Å². The normalized spacial score (nSPS) is 16.4. The van der Waals surface area contributed by atoms with Gasteiger partial charge in [-0.05, 0) is 29.2 Å². The number of fused-ring (bicyclic) bond motifs is 1. The second kappa shape index (κ2) is 9.58. The molecule has 0 bridgehead atoms. The number of carbonyl (C=O) groups excluding carboxylic acids is 3. The molecule has 0 radical (unpaired) electrons. The van der Waals surface area contributed by atoms with E-state index >= 15 is 0 Å². The third kappa shape index (κ3) is 5.32. The van der Waals surface area contributed by atoms with E-state index in [1.54, 1.807) is 16.8 Å². The molecule has 2 aromatic carbocycles. The summed E-state index contributed by atoms with van der Waals surface area (Å²) in [5.74, 6) is -0.893. The standard InChI is InChI=1S/C26H28N6O3/c1-26(2,3)23(25(35)29-18-12-21(33)28-14-18)30-24(34)22-19-6-4-5-7-20(19)32(31-22)15-17-10-8-16(13-27)9-11-17/h4-11,18,23H,12,14-15H2,1-3H3,(H,28,33)(H,29,35)(H,30,34)/t18-,23+/m0/s1. The number of hydrogen-bond acceptors (Lipinski definition) is 5. The number of nitrogens with one attached hydrogen (secondary N) is 3. The zero-order valence-corrected chi connectivity index (χ0v) is 20.0. The molecule has 9 nitrogen and oxygen atoms in total. The highest BCUT2D eigenvalue weighted by Crippen LogP contribution is 2.23. The fraction of sp³-hybridized carbons (Fsp3) is 0.346. The summed E-state index contributed by atoms with van der Waals surface area (Å²) in [7, 11) is 0. The SMILES string of the molecule is CC(C)(C)[C@H](NC(=O)c1nn(Cc2ccc(C#N)cc2)c2ccccc12)C(=O)N[C@@H]1CNC(=O)C1. The molecule has 180 valence electrons. The van der Waals surface area contributed by atoms with Crippen LogP contribution in [-0.2, 0) is 16.1 Å². The molecule has 1 aromatic heterocycles. The van der Waals surface area contributed by atoms with Crippen molar-refractivity contribution >= 4 is 28.6 Å². The first-order chi connectivity index (χ1) is 16.7. The number of hydrogen-bond donors (Lipinski definition) is 3. The number of nitriles is 1. The lowest BCUT2D eigenvalue weighted by Gasteiger charge is -2.31. The Kier molecular flexibility index (Phi) is 6.56. The molecule has 1 aliphatic rings. The lowest BCUT2D eigenvalue weighted by molar-refractivity contribution is -0.126. The van der Waals surface area contributed by atoms with Gasteiger partial charge < -0.3 is 16.0 Å². The average molecular weight is 473 g/mol. The molecular weight excluding hydrogens is 444 g/mol. The number of aromatic nitrogens is 2. The fourth-order valence-corrected chi connectivity index (χ4v) is 4.14. The van der Waals surface area contributed by atoms with Crippen molar-refractivity contribution in [3.8, 4) is 6.07 Å². The Hall–Kier alpha value is -4.19. The van der Waals surface area contributed by atoms with E-state index in [1.807, 2.05) is 57.2 Å². The summed E-state index contributed by atoms with van der Waals surface area (Å²) >= 11 is 0. The number of rotatable bonds is 6. The van der Waals surface area contributed by atoms with E-state index in [0.717, 1.165) is 11.1 Å². The van der Waals surface area contributed by atoms with Crippen molar-refractivity contribution in [1.29, 1.82) is 5.26 Å². The van der Waals surface area contributed by atoms with Gasteiger partial charge in [-0.25, -0.2) is 0 Å². The molecule has 2 atom stereocenters. The van der Waals surface area contributed by atoms with Crippen LogP contribution in [0.2, 0.25) is 0 Å². The van der Waals surface area contributed by atoms with Crippen LogP contribution in [0.25, 0.3) is 10.9 Å². The zero-order chi connectivity index (χ0) is 25.2. The Labute approximate surface area is 203 Å². The lowest BCUT2D eigenvalue weighted by atomic mass is 9.85. The molecule has 3 N–H and O–H groups in total.